The number of H-pyrrole nitrogens is 1. The number of aromatic nitrogens is 5. The van der Waals surface area contributed by atoms with Gasteiger partial charge in [-0.25, -0.2) is 4.68 Å². The lowest BCUT2D eigenvalue weighted by Gasteiger charge is -2.32. The highest BCUT2D eigenvalue weighted by Gasteiger charge is 2.29. The molecule has 0 fully saturated rings. The van der Waals surface area contributed by atoms with Crippen molar-refractivity contribution in [1.82, 2.24) is 30.1 Å². The number of aryl methyl sites for hydroxylation is 3. The van der Waals surface area contributed by atoms with Gasteiger partial charge in [0.2, 0.25) is 0 Å². The van der Waals surface area contributed by atoms with Crippen LogP contribution in [0, 0.1) is 20.8 Å². The van der Waals surface area contributed by atoms with Crippen molar-refractivity contribution in [2.45, 2.75) is 79.4 Å². The molecule has 1 atom stereocenters. The first-order chi connectivity index (χ1) is 17.1. The molecule has 36 heavy (non-hydrogen) atoms. The molecule has 2 heterocycles. The highest BCUT2D eigenvalue weighted by Crippen LogP contribution is 2.28. The van der Waals surface area contributed by atoms with Crippen LogP contribution in [0.3, 0.4) is 0 Å². The van der Waals surface area contributed by atoms with Crippen LogP contribution in [0.15, 0.2) is 47.3 Å². The highest BCUT2D eigenvalue weighted by atomic mass is 16.1. The fraction of sp³-hybridized carbons (Fsp3) is 0.448. The van der Waals surface area contributed by atoms with Gasteiger partial charge in [0.05, 0.1) is 17.1 Å². The Bertz CT molecular complexity index is 1410. The minimum Gasteiger partial charge on any atom is -0.321 e. The summed E-state index contributed by atoms with van der Waals surface area (Å²) in [6, 6.07) is 14.9. The van der Waals surface area contributed by atoms with Gasteiger partial charge in [-0.05, 0) is 93.5 Å². The van der Waals surface area contributed by atoms with Gasteiger partial charge in [0.25, 0.3) is 5.56 Å². The molecule has 0 saturated heterocycles. The predicted octanol–water partition coefficient (Wildman–Crippen LogP) is 5.39. The molecule has 190 valence electrons. The zero-order valence-corrected chi connectivity index (χ0v) is 22.6. The molecule has 0 spiro atoms. The van der Waals surface area contributed by atoms with Gasteiger partial charge in [0, 0.05) is 18.7 Å². The molecule has 0 saturated carbocycles. The van der Waals surface area contributed by atoms with Crippen molar-refractivity contribution in [1.29, 1.82) is 0 Å². The molecule has 1 N–H and O–H groups in total. The first kappa shape index (κ1) is 25.8. The normalized spacial score (nSPS) is 13.0. The number of benzene rings is 2. The predicted molar refractivity (Wildman–Crippen MR) is 145 cm³/mol. The Morgan fingerprint density at radius 3 is 2.53 bits per heavy atom. The molecular weight excluding hydrogens is 448 g/mol. The van der Waals surface area contributed by atoms with E-state index in [0.717, 1.165) is 47.2 Å². The van der Waals surface area contributed by atoms with Crippen molar-refractivity contribution in [3.05, 3.63) is 86.5 Å². The standard InChI is InChI=1S/C29H38N6O/c1-8-25(27-31-32-33-35(27)29(5,6)7)34(13-12-22-11-9-10-19(2)15-22)18-24-17-23-16-20(3)14-21(4)26(23)30-28(24)36/h9-11,14-17,25H,8,12-13,18H2,1-7H3,(H,30,36)/t25-/m1/s1. The van der Waals surface area contributed by atoms with Gasteiger partial charge >= 0.3 is 0 Å². The van der Waals surface area contributed by atoms with E-state index in [9.17, 15) is 4.79 Å². The Kier molecular flexibility index (Phi) is 7.41. The molecule has 0 aliphatic rings. The van der Waals surface area contributed by atoms with E-state index in [2.05, 4.69) is 103 Å². The number of pyridine rings is 1. The summed E-state index contributed by atoms with van der Waals surface area (Å²) in [6.07, 6.45) is 1.70. The second-order valence-corrected chi connectivity index (χ2v) is 10.9. The molecule has 2 aromatic carbocycles. The van der Waals surface area contributed by atoms with Crippen LogP contribution in [0.4, 0.5) is 0 Å². The Morgan fingerprint density at radius 2 is 1.83 bits per heavy atom. The Balaban J connectivity index is 1.74. The highest BCUT2D eigenvalue weighted by molar-refractivity contribution is 5.82. The van der Waals surface area contributed by atoms with E-state index in [4.69, 9.17) is 0 Å². The second kappa shape index (κ2) is 10.3. The summed E-state index contributed by atoms with van der Waals surface area (Å²) >= 11 is 0. The van der Waals surface area contributed by atoms with Crippen molar-refractivity contribution >= 4 is 10.9 Å². The summed E-state index contributed by atoms with van der Waals surface area (Å²) in [6.45, 7) is 16.0. The quantitative estimate of drug-likeness (QED) is 0.361. The lowest BCUT2D eigenvalue weighted by atomic mass is 10.0. The maximum absolute atomic E-state index is 13.2. The molecule has 0 unspecified atom stereocenters. The van der Waals surface area contributed by atoms with Gasteiger partial charge in [-0.2, -0.15) is 0 Å². The number of rotatable bonds is 8. The minimum absolute atomic E-state index is 0.0293. The summed E-state index contributed by atoms with van der Waals surface area (Å²) in [5.41, 5.74) is 6.17. The average molecular weight is 487 g/mol. The van der Waals surface area contributed by atoms with Gasteiger partial charge in [0.1, 0.15) is 0 Å². The van der Waals surface area contributed by atoms with E-state index in [1.54, 1.807) is 0 Å². The molecule has 0 radical (unpaired) electrons. The number of hydrogen-bond acceptors (Lipinski definition) is 5. The molecule has 0 amide bonds. The average Bonchev–Trinajstić information content (AvgIpc) is 3.29. The van der Waals surface area contributed by atoms with Crippen LogP contribution in [0.2, 0.25) is 0 Å². The number of fused-ring (bicyclic) bond motifs is 1. The molecule has 7 nitrogen and oxygen atoms in total. The van der Waals surface area contributed by atoms with Crippen LogP contribution in [0.5, 0.6) is 0 Å². The van der Waals surface area contributed by atoms with E-state index in [0.29, 0.717) is 6.54 Å². The van der Waals surface area contributed by atoms with Crippen molar-refractivity contribution in [2.75, 3.05) is 6.54 Å². The fourth-order valence-corrected chi connectivity index (χ4v) is 5.04. The number of aromatic amines is 1. The van der Waals surface area contributed by atoms with Crippen LogP contribution in [0.1, 0.15) is 73.8 Å². The first-order valence-corrected chi connectivity index (χ1v) is 12.8. The summed E-state index contributed by atoms with van der Waals surface area (Å²) in [5.74, 6) is 0.832. The molecule has 2 aromatic heterocycles. The van der Waals surface area contributed by atoms with Crippen LogP contribution < -0.4 is 5.56 Å². The van der Waals surface area contributed by atoms with Crippen molar-refractivity contribution in [3.8, 4) is 0 Å². The van der Waals surface area contributed by atoms with E-state index in [1.807, 2.05) is 17.7 Å². The van der Waals surface area contributed by atoms with E-state index in [-0.39, 0.29) is 17.1 Å². The zero-order valence-electron chi connectivity index (χ0n) is 22.6. The largest absolute Gasteiger partial charge is 0.321 e. The molecule has 4 rings (SSSR count). The zero-order chi connectivity index (χ0) is 26.0. The number of hydrogen-bond donors (Lipinski definition) is 1. The molecule has 7 heteroatoms. The van der Waals surface area contributed by atoms with Crippen molar-refractivity contribution in [2.24, 2.45) is 0 Å². The smallest absolute Gasteiger partial charge is 0.252 e. The third-order valence-corrected chi connectivity index (χ3v) is 6.77. The number of nitrogens with zero attached hydrogens (tertiary/aromatic N) is 5. The Morgan fingerprint density at radius 1 is 1.06 bits per heavy atom. The summed E-state index contributed by atoms with van der Waals surface area (Å²) in [7, 11) is 0. The Hall–Kier alpha value is -3.32. The van der Waals surface area contributed by atoms with Gasteiger partial charge in [-0.15, -0.1) is 5.10 Å². The summed E-state index contributed by atoms with van der Waals surface area (Å²) < 4.78 is 1.91. The fourth-order valence-electron chi connectivity index (χ4n) is 5.04. The lowest BCUT2D eigenvalue weighted by molar-refractivity contribution is 0.163. The molecular formula is C29H38N6O. The maximum Gasteiger partial charge on any atom is 0.252 e. The number of tetrazole rings is 1. The van der Waals surface area contributed by atoms with Crippen molar-refractivity contribution < 1.29 is 0 Å². The third-order valence-electron chi connectivity index (χ3n) is 6.77. The van der Waals surface area contributed by atoms with Crippen LogP contribution >= 0.6 is 0 Å². The van der Waals surface area contributed by atoms with Crippen LogP contribution in [-0.4, -0.2) is 36.6 Å². The van der Waals surface area contributed by atoms with Gasteiger partial charge in [0.15, 0.2) is 5.82 Å². The summed E-state index contributed by atoms with van der Waals surface area (Å²) in [4.78, 5) is 18.7. The Labute approximate surface area is 213 Å². The molecule has 4 aromatic rings. The topological polar surface area (TPSA) is 79.7 Å². The van der Waals surface area contributed by atoms with Crippen LogP contribution in [0.25, 0.3) is 10.9 Å². The monoisotopic (exact) mass is 486 g/mol. The van der Waals surface area contributed by atoms with Gasteiger partial charge < -0.3 is 4.98 Å². The maximum atomic E-state index is 13.2. The van der Waals surface area contributed by atoms with Crippen LogP contribution in [-0.2, 0) is 18.5 Å². The molecule has 0 bridgehead atoms. The summed E-state index contributed by atoms with van der Waals surface area (Å²) in [5, 5.41) is 13.9. The first-order valence-electron chi connectivity index (χ1n) is 12.8. The van der Waals surface area contributed by atoms with Gasteiger partial charge in [-0.1, -0.05) is 48.4 Å². The van der Waals surface area contributed by atoms with E-state index < -0.39 is 0 Å². The minimum atomic E-state index is -0.246. The van der Waals surface area contributed by atoms with Crippen molar-refractivity contribution in [3.63, 3.8) is 0 Å². The van der Waals surface area contributed by atoms with E-state index in [1.165, 1.54) is 16.7 Å². The lowest BCUT2D eigenvalue weighted by Crippen LogP contribution is -2.36. The third kappa shape index (κ3) is 5.57. The van der Waals surface area contributed by atoms with E-state index >= 15 is 0 Å². The molecule has 0 aliphatic heterocycles. The second-order valence-electron chi connectivity index (χ2n) is 10.9. The SMILES string of the molecule is CC[C@H](c1nnnn1C(C)(C)C)N(CCc1cccc(C)c1)Cc1cc2cc(C)cc(C)c2[nH]c1=O. The number of nitrogens with one attached hydrogen (secondary N) is 1. The van der Waals surface area contributed by atoms with Gasteiger partial charge in [-0.3, -0.25) is 9.69 Å². The molecule has 0 aliphatic carbocycles.